The predicted molar refractivity (Wildman–Crippen MR) is 110 cm³/mol. The lowest BCUT2D eigenvalue weighted by Crippen LogP contribution is -2.51. The van der Waals surface area contributed by atoms with E-state index >= 15 is 0 Å². The van der Waals surface area contributed by atoms with Crippen LogP contribution in [-0.4, -0.2) is 60.6 Å². The van der Waals surface area contributed by atoms with Crippen molar-refractivity contribution < 1.29 is 29.0 Å². The van der Waals surface area contributed by atoms with Crippen LogP contribution in [-0.2, 0) is 30.3 Å². The second-order valence-corrected chi connectivity index (χ2v) is 7.12. The van der Waals surface area contributed by atoms with E-state index in [1.54, 1.807) is 0 Å². The number of carbonyl (C=O) groups excluding carboxylic acids is 4. The van der Waals surface area contributed by atoms with Crippen LogP contribution in [0.5, 0.6) is 0 Å². The normalized spacial score (nSPS) is 14.6. The van der Waals surface area contributed by atoms with E-state index in [1.165, 1.54) is 27.9 Å². The highest BCUT2D eigenvalue weighted by molar-refractivity contribution is 5.91. The molecule has 0 fully saturated rings. The van der Waals surface area contributed by atoms with E-state index in [2.05, 4.69) is 16.0 Å². The second kappa shape index (κ2) is 12.6. The summed E-state index contributed by atoms with van der Waals surface area (Å²) >= 11 is 0. The van der Waals surface area contributed by atoms with Crippen LogP contribution in [0.4, 0.5) is 0 Å². The van der Waals surface area contributed by atoms with Gasteiger partial charge >= 0.3 is 5.97 Å². The number of esters is 1. The van der Waals surface area contributed by atoms with Gasteiger partial charge < -0.3 is 25.8 Å². The van der Waals surface area contributed by atoms with E-state index in [0.717, 1.165) is 5.56 Å². The monoisotopic (exact) mass is 421 g/mol. The molecule has 9 nitrogen and oxygen atoms in total. The molecule has 1 rings (SSSR count). The maximum atomic E-state index is 12.2. The molecule has 3 amide bonds. The summed E-state index contributed by atoms with van der Waals surface area (Å²) in [5.41, 5.74) is 0.889. The Morgan fingerprint density at radius 2 is 1.60 bits per heavy atom. The van der Waals surface area contributed by atoms with E-state index in [9.17, 15) is 24.3 Å². The molecule has 9 heteroatoms. The summed E-state index contributed by atoms with van der Waals surface area (Å²) in [5, 5.41) is 18.0. The Morgan fingerprint density at radius 1 is 1.00 bits per heavy atom. The Bertz CT molecular complexity index is 725. The van der Waals surface area contributed by atoms with Crippen molar-refractivity contribution in [3.63, 3.8) is 0 Å². The fraction of sp³-hybridized carbons (Fsp3) is 0.524. The number of hydrogen-bond donors (Lipinski definition) is 4. The van der Waals surface area contributed by atoms with Gasteiger partial charge in [-0.3, -0.25) is 19.2 Å². The Balaban J connectivity index is 2.52. The zero-order valence-corrected chi connectivity index (χ0v) is 17.8. The molecular formula is C21H31N3O6. The molecule has 0 aliphatic rings. The lowest BCUT2D eigenvalue weighted by atomic mass is 9.92. The number of amides is 3. The molecule has 0 bridgehead atoms. The summed E-state index contributed by atoms with van der Waals surface area (Å²) in [6, 6.07) is 7.68. The number of aliphatic hydroxyl groups excluding tert-OH is 1. The predicted octanol–water partition coefficient (Wildman–Crippen LogP) is -0.0852. The van der Waals surface area contributed by atoms with Gasteiger partial charge in [0.15, 0.2) is 0 Å². The minimum absolute atomic E-state index is 0.115. The van der Waals surface area contributed by atoms with Gasteiger partial charge in [0.2, 0.25) is 17.7 Å². The van der Waals surface area contributed by atoms with Crippen molar-refractivity contribution in [1.29, 1.82) is 0 Å². The van der Waals surface area contributed by atoms with Crippen LogP contribution in [0.3, 0.4) is 0 Å². The van der Waals surface area contributed by atoms with Crippen molar-refractivity contribution in [3.8, 4) is 0 Å². The smallest absolute Gasteiger partial charge is 0.311 e. The topological polar surface area (TPSA) is 134 Å². The molecule has 0 aliphatic carbocycles. The van der Waals surface area contributed by atoms with Gasteiger partial charge in [-0.15, -0.1) is 0 Å². The summed E-state index contributed by atoms with van der Waals surface area (Å²) in [4.78, 5) is 47.2. The van der Waals surface area contributed by atoms with Gasteiger partial charge in [0.1, 0.15) is 12.1 Å². The minimum atomic E-state index is -1.01. The molecule has 0 saturated carbocycles. The summed E-state index contributed by atoms with van der Waals surface area (Å²) < 4.78 is 4.80. The van der Waals surface area contributed by atoms with E-state index in [1.807, 2.05) is 30.3 Å². The highest BCUT2D eigenvalue weighted by atomic mass is 16.5. The number of hydrogen-bond acceptors (Lipinski definition) is 6. The van der Waals surface area contributed by atoms with Crippen molar-refractivity contribution in [2.75, 3.05) is 13.7 Å². The molecule has 4 atom stereocenters. The fourth-order valence-electron chi connectivity index (χ4n) is 2.87. The van der Waals surface area contributed by atoms with E-state index in [4.69, 9.17) is 4.74 Å². The van der Waals surface area contributed by atoms with Crippen LogP contribution in [0, 0.1) is 5.92 Å². The maximum Gasteiger partial charge on any atom is 0.311 e. The molecule has 0 spiro atoms. The quantitative estimate of drug-likeness (QED) is 0.369. The van der Waals surface area contributed by atoms with Gasteiger partial charge in [-0.05, 0) is 32.3 Å². The summed E-state index contributed by atoms with van der Waals surface area (Å²) in [7, 11) is 1.27. The molecule has 1 aromatic rings. The van der Waals surface area contributed by atoms with Gasteiger partial charge in [0.05, 0.1) is 19.1 Å². The van der Waals surface area contributed by atoms with Crippen molar-refractivity contribution >= 4 is 23.7 Å². The molecule has 0 heterocycles. The number of rotatable bonds is 11. The number of carbonyl (C=O) groups is 4. The maximum absolute atomic E-state index is 12.2. The number of nitrogens with one attached hydrogen (secondary N) is 3. The molecule has 1 aromatic carbocycles. The van der Waals surface area contributed by atoms with Crippen LogP contribution in [0.1, 0.15) is 32.8 Å². The zero-order chi connectivity index (χ0) is 22.7. The number of aliphatic hydroxyl groups is 1. The standard InChI is InChI=1S/C21H31N3O6/c1-13(24-20(28)14(2)23-15(3)25)19(27)22-11-10-18(26)17(21(29)30-4)12-16-8-6-5-7-9-16/h5-9,13-14,17-18,26H,10-12H2,1-4H3,(H,22,27)(H,23,25)(H,24,28)/t13-,14-,17+,18+/m0/s1. The molecule has 0 aliphatic heterocycles. The van der Waals surface area contributed by atoms with Crippen molar-refractivity contribution in [2.45, 2.75) is 51.8 Å². The molecule has 0 aromatic heterocycles. The Labute approximate surface area is 176 Å². The average molecular weight is 421 g/mol. The molecule has 4 N–H and O–H groups in total. The Morgan fingerprint density at radius 3 is 2.17 bits per heavy atom. The average Bonchev–Trinajstić information content (AvgIpc) is 2.71. The van der Waals surface area contributed by atoms with Crippen molar-refractivity contribution in [3.05, 3.63) is 35.9 Å². The van der Waals surface area contributed by atoms with E-state index in [0.29, 0.717) is 6.42 Å². The van der Waals surface area contributed by atoms with Gasteiger partial charge in [-0.2, -0.15) is 0 Å². The lowest BCUT2D eigenvalue weighted by Gasteiger charge is -2.22. The lowest BCUT2D eigenvalue weighted by molar-refractivity contribution is -0.149. The zero-order valence-electron chi connectivity index (χ0n) is 17.8. The van der Waals surface area contributed by atoms with Crippen LogP contribution < -0.4 is 16.0 Å². The SMILES string of the molecule is COC(=O)[C@H](Cc1ccccc1)[C@H](O)CCNC(=O)[C@H](C)NC(=O)[C@H](C)NC(C)=O. The van der Waals surface area contributed by atoms with Gasteiger partial charge in [0.25, 0.3) is 0 Å². The second-order valence-electron chi connectivity index (χ2n) is 7.12. The third-order valence-electron chi connectivity index (χ3n) is 4.57. The number of benzene rings is 1. The first-order chi connectivity index (χ1) is 14.1. The first-order valence-corrected chi connectivity index (χ1v) is 9.80. The van der Waals surface area contributed by atoms with Crippen molar-refractivity contribution in [1.82, 2.24) is 16.0 Å². The third kappa shape index (κ3) is 8.60. The number of methoxy groups -OCH3 is 1. The highest BCUT2D eigenvalue weighted by Gasteiger charge is 2.28. The molecule has 166 valence electrons. The summed E-state index contributed by atoms with van der Waals surface area (Å²) in [5.74, 6) is -2.56. The Hall–Kier alpha value is -2.94. The van der Waals surface area contributed by atoms with Gasteiger partial charge in [-0.25, -0.2) is 0 Å². The van der Waals surface area contributed by atoms with Crippen LogP contribution in [0.25, 0.3) is 0 Å². The largest absolute Gasteiger partial charge is 0.469 e. The summed E-state index contributed by atoms with van der Waals surface area (Å²) in [6.45, 7) is 4.43. The first kappa shape index (κ1) is 25.1. The first-order valence-electron chi connectivity index (χ1n) is 9.80. The van der Waals surface area contributed by atoms with Crippen molar-refractivity contribution in [2.24, 2.45) is 5.92 Å². The molecule has 0 saturated heterocycles. The molecule has 0 unspecified atom stereocenters. The van der Waals surface area contributed by atoms with Gasteiger partial charge in [0, 0.05) is 13.5 Å². The van der Waals surface area contributed by atoms with Crippen LogP contribution in [0.15, 0.2) is 30.3 Å². The van der Waals surface area contributed by atoms with Gasteiger partial charge in [-0.1, -0.05) is 30.3 Å². The summed E-state index contributed by atoms with van der Waals surface area (Å²) in [6.07, 6.45) is -0.556. The third-order valence-corrected chi connectivity index (χ3v) is 4.57. The van der Waals surface area contributed by atoms with Crippen LogP contribution >= 0.6 is 0 Å². The van der Waals surface area contributed by atoms with E-state index < -0.39 is 41.9 Å². The minimum Gasteiger partial charge on any atom is -0.469 e. The molecule has 30 heavy (non-hydrogen) atoms. The van der Waals surface area contributed by atoms with Crippen LogP contribution in [0.2, 0.25) is 0 Å². The molecular weight excluding hydrogens is 390 g/mol. The number of ether oxygens (including phenoxy) is 1. The Kier molecular flexibility index (Phi) is 10.5. The van der Waals surface area contributed by atoms with E-state index in [-0.39, 0.29) is 18.9 Å². The highest BCUT2D eigenvalue weighted by Crippen LogP contribution is 2.16. The molecule has 0 radical (unpaired) electrons. The fourth-order valence-corrected chi connectivity index (χ4v) is 2.87.